The van der Waals surface area contributed by atoms with Gasteiger partial charge in [-0.2, -0.15) is 5.10 Å². The van der Waals surface area contributed by atoms with E-state index in [0.717, 1.165) is 23.6 Å². The van der Waals surface area contributed by atoms with E-state index in [4.69, 9.17) is 5.73 Å². The second-order valence-corrected chi connectivity index (χ2v) is 5.00. The molecular formula is C14H20N4. The Kier molecular flexibility index (Phi) is 3.77. The third-order valence-electron chi connectivity index (χ3n) is 2.87. The van der Waals surface area contributed by atoms with Gasteiger partial charge in [0.2, 0.25) is 0 Å². The summed E-state index contributed by atoms with van der Waals surface area (Å²) in [6.07, 6.45) is 0.884. The van der Waals surface area contributed by atoms with Gasteiger partial charge in [0.25, 0.3) is 0 Å². The molecule has 0 spiro atoms. The van der Waals surface area contributed by atoms with Crippen molar-refractivity contribution in [3.05, 3.63) is 47.5 Å². The number of aryl methyl sites for hydroxylation is 1. The fraction of sp³-hybridized carbons (Fsp3) is 0.429. The average Bonchev–Trinajstić information content (AvgIpc) is 2.69. The summed E-state index contributed by atoms with van der Waals surface area (Å²) in [5.74, 6) is 2.24. The lowest BCUT2D eigenvalue weighted by atomic mass is 10.1. The van der Waals surface area contributed by atoms with Crippen LogP contribution in [0.5, 0.6) is 0 Å². The lowest BCUT2D eigenvalue weighted by molar-refractivity contribution is 0.610. The minimum absolute atomic E-state index is 0.218. The summed E-state index contributed by atoms with van der Waals surface area (Å²) in [5, 5.41) is 4.42. The molecule has 18 heavy (non-hydrogen) atoms. The number of benzene rings is 1. The van der Waals surface area contributed by atoms with Crippen molar-refractivity contribution in [1.82, 2.24) is 14.8 Å². The molecule has 1 heterocycles. The Bertz CT molecular complexity index is 502. The van der Waals surface area contributed by atoms with Crippen LogP contribution in [0.3, 0.4) is 0 Å². The molecule has 0 fully saturated rings. The molecule has 0 bridgehead atoms. The van der Waals surface area contributed by atoms with Gasteiger partial charge in [-0.1, -0.05) is 44.2 Å². The highest BCUT2D eigenvalue weighted by atomic mass is 15.3. The highest BCUT2D eigenvalue weighted by Gasteiger charge is 2.16. The van der Waals surface area contributed by atoms with E-state index >= 15 is 0 Å². The highest BCUT2D eigenvalue weighted by molar-refractivity contribution is 5.24. The van der Waals surface area contributed by atoms with Gasteiger partial charge in [-0.15, -0.1) is 0 Å². The lowest BCUT2D eigenvalue weighted by Crippen LogP contribution is -2.16. The van der Waals surface area contributed by atoms with Crippen molar-refractivity contribution in [1.29, 1.82) is 0 Å². The van der Waals surface area contributed by atoms with Crippen molar-refractivity contribution in [2.24, 2.45) is 18.7 Å². The Morgan fingerprint density at radius 1 is 1.22 bits per heavy atom. The average molecular weight is 244 g/mol. The normalized spacial score (nSPS) is 12.9. The molecule has 4 heteroatoms. The van der Waals surface area contributed by atoms with Gasteiger partial charge >= 0.3 is 0 Å². The van der Waals surface area contributed by atoms with E-state index in [9.17, 15) is 0 Å². The number of aromatic nitrogens is 3. The Hall–Kier alpha value is -1.68. The molecular weight excluding hydrogens is 224 g/mol. The van der Waals surface area contributed by atoms with Gasteiger partial charge in [0.1, 0.15) is 5.82 Å². The van der Waals surface area contributed by atoms with Crippen molar-refractivity contribution in [2.45, 2.75) is 26.3 Å². The molecule has 4 nitrogen and oxygen atoms in total. The zero-order valence-corrected chi connectivity index (χ0v) is 11.2. The molecule has 96 valence electrons. The molecule has 0 amide bonds. The number of nitrogens with zero attached hydrogens (tertiary/aromatic N) is 3. The van der Waals surface area contributed by atoms with Crippen molar-refractivity contribution in [2.75, 3.05) is 0 Å². The predicted octanol–water partition coefficient (Wildman–Crippen LogP) is 2.06. The van der Waals surface area contributed by atoms with E-state index in [-0.39, 0.29) is 6.04 Å². The minimum atomic E-state index is -0.218. The standard InChI is InChI=1S/C14H20N4/c1-10(2)9-12-16-14(18(3)17-12)13(15)11-7-5-4-6-8-11/h4-8,10,13H,9,15H2,1-3H3. The second kappa shape index (κ2) is 5.31. The van der Waals surface area contributed by atoms with Crippen LogP contribution in [0.25, 0.3) is 0 Å². The molecule has 0 radical (unpaired) electrons. The van der Waals surface area contributed by atoms with Gasteiger partial charge < -0.3 is 5.73 Å². The van der Waals surface area contributed by atoms with Gasteiger partial charge in [0.05, 0.1) is 6.04 Å². The van der Waals surface area contributed by atoms with E-state index in [1.54, 1.807) is 4.68 Å². The molecule has 0 saturated carbocycles. The van der Waals surface area contributed by atoms with E-state index in [1.165, 1.54) is 0 Å². The zero-order valence-electron chi connectivity index (χ0n) is 11.2. The maximum atomic E-state index is 6.24. The van der Waals surface area contributed by atoms with Crippen LogP contribution in [0.4, 0.5) is 0 Å². The molecule has 1 unspecified atom stereocenters. The van der Waals surface area contributed by atoms with Gasteiger partial charge in [-0.25, -0.2) is 4.98 Å². The number of hydrogen-bond acceptors (Lipinski definition) is 3. The zero-order chi connectivity index (χ0) is 13.1. The maximum absolute atomic E-state index is 6.24. The fourth-order valence-corrected chi connectivity index (χ4v) is 1.98. The number of nitrogens with two attached hydrogens (primary N) is 1. The van der Waals surface area contributed by atoms with Crippen molar-refractivity contribution < 1.29 is 0 Å². The molecule has 0 aliphatic heterocycles. The van der Waals surface area contributed by atoms with E-state index < -0.39 is 0 Å². The van der Waals surface area contributed by atoms with Gasteiger partial charge in [-0.05, 0) is 11.5 Å². The lowest BCUT2D eigenvalue weighted by Gasteiger charge is -2.10. The van der Waals surface area contributed by atoms with Crippen LogP contribution in [0.2, 0.25) is 0 Å². The molecule has 0 saturated heterocycles. The molecule has 0 aliphatic rings. The summed E-state index contributed by atoms with van der Waals surface area (Å²) in [6, 6.07) is 9.77. The van der Waals surface area contributed by atoms with Crippen molar-refractivity contribution >= 4 is 0 Å². The summed E-state index contributed by atoms with van der Waals surface area (Å²) in [7, 11) is 1.90. The largest absolute Gasteiger partial charge is 0.318 e. The predicted molar refractivity (Wildman–Crippen MR) is 72.0 cm³/mol. The van der Waals surface area contributed by atoms with Crippen LogP contribution in [-0.2, 0) is 13.5 Å². The number of hydrogen-bond donors (Lipinski definition) is 1. The molecule has 1 aromatic heterocycles. The quantitative estimate of drug-likeness (QED) is 0.895. The monoisotopic (exact) mass is 244 g/mol. The fourth-order valence-electron chi connectivity index (χ4n) is 1.98. The summed E-state index contributed by atoms with van der Waals surface area (Å²) >= 11 is 0. The first-order valence-corrected chi connectivity index (χ1v) is 6.28. The molecule has 0 aliphatic carbocycles. The van der Waals surface area contributed by atoms with E-state index in [1.807, 2.05) is 37.4 Å². The van der Waals surface area contributed by atoms with Crippen LogP contribution < -0.4 is 5.73 Å². The SMILES string of the molecule is CC(C)Cc1nc(C(N)c2ccccc2)n(C)n1. The number of rotatable bonds is 4. The van der Waals surface area contributed by atoms with Crippen molar-refractivity contribution in [3.8, 4) is 0 Å². The second-order valence-electron chi connectivity index (χ2n) is 5.00. The van der Waals surface area contributed by atoms with Gasteiger partial charge in [0, 0.05) is 13.5 Å². The topological polar surface area (TPSA) is 56.7 Å². The highest BCUT2D eigenvalue weighted by Crippen LogP contribution is 2.17. The first-order valence-electron chi connectivity index (χ1n) is 6.28. The van der Waals surface area contributed by atoms with E-state index in [0.29, 0.717) is 5.92 Å². The van der Waals surface area contributed by atoms with Crippen molar-refractivity contribution in [3.63, 3.8) is 0 Å². The Morgan fingerprint density at radius 3 is 2.50 bits per heavy atom. The Labute approximate surface area is 108 Å². The first kappa shape index (κ1) is 12.8. The molecule has 2 aromatic rings. The Balaban J connectivity index is 2.25. The summed E-state index contributed by atoms with van der Waals surface area (Å²) < 4.78 is 1.79. The molecule has 2 N–H and O–H groups in total. The maximum Gasteiger partial charge on any atom is 0.151 e. The van der Waals surface area contributed by atoms with Gasteiger partial charge in [-0.3, -0.25) is 4.68 Å². The minimum Gasteiger partial charge on any atom is -0.318 e. The smallest absolute Gasteiger partial charge is 0.151 e. The molecule has 2 rings (SSSR count). The molecule has 1 atom stereocenters. The van der Waals surface area contributed by atoms with Crippen LogP contribution in [-0.4, -0.2) is 14.8 Å². The van der Waals surface area contributed by atoms with Crippen LogP contribution in [0.1, 0.15) is 37.1 Å². The van der Waals surface area contributed by atoms with Gasteiger partial charge in [0.15, 0.2) is 5.82 Å². The van der Waals surface area contributed by atoms with Crippen LogP contribution in [0.15, 0.2) is 30.3 Å². The van der Waals surface area contributed by atoms with E-state index in [2.05, 4.69) is 23.9 Å². The first-order chi connectivity index (χ1) is 8.58. The molecule has 1 aromatic carbocycles. The summed E-state index contributed by atoms with van der Waals surface area (Å²) in [5.41, 5.74) is 7.30. The third kappa shape index (κ3) is 2.76. The summed E-state index contributed by atoms with van der Waals surface area (Å²) in [6.45, 7) is 4.32. The van der Waals surface area contributed by atoms with Crippen LogP contribution >= 0.6 is 0 Å². The Morgan fingerprint density at radius 2 is 1.89 bits per heavy atom. The third-order valence-corrected chi connectivity index (χ3v) is 2.87. The van der Waals surface area contributed by atoms with Crippen LogP contribution in [0, 0.1) is 5.92 Å². The summed E-state index contributed by atoms with van der Waals surface area (Å²) in [4.78, 5) is 4.55.